The van der Waals surface area contributed by atoms with Crippen molar-refractivity contribution in [3.63, 3.8) is 0 Å². The number of hydrogen-bond donors (Lipinski definition) is 1. The summed E-state index contributed by atoms with van der Waals surface area (Å²) in [6.07, 6.45) is 3.89. The lowest BCUT2D eigenvalue weighted by molar-refractivity contribution is -0.141. The van der Waals surface area contributed by atoms with Gasteiger partial charge < -0.3 is 10.2 Å². The van der Waals surface area contributed by atoms with E-state index >= 15 is 0 Å². The van der Waals surface area contributed by atoms with Gasteiger partial charge in [-0.05, 0) is 49.1 Å². The molecule has 0 aliphatic heterocycles. The summed E-state index contributed by atoms with van der Waals surface area (Å²) in [4.78, 5) is 27.9. The van der Waals surface area contributed by atoms with E-state index in [2.05, 4.69) is 12.2 Å². The zero-order valence-corrected chi connectivity index (χ0v) is 22.3. The Labute approximate surface area is 214 Å². The van der Waals surface area contributed by atoms with Crippen LogP contribution < -0.4 is 9.62 Å². The van der Waals surface area contributed by atoms with Gasteiger partial charge in [0, 0.05) is 31.1 Å². The maximum atomic E-state index is 13.4. The number of hydrogen-bond acceptors (Lipinski definition) is 4. The maximum absolute atomic E-state index is 13.4. The molecule has 0 unspecified atom stereocenters. The second kappa shape index (κ2) is 14.1. The van der Waals surface area contributed by atoms with Crippen LogP contribution in [0.4, 0.5) is 5.69 Å². The molecule has 1 N–H and O–H groups in total. The van der Waals surface area contributed by atoms with Crippen LogP contribution in [0.15, 0.2) is 54.6 Å². The minimum Gasteiger partial charge on any atom is -0.354 e. The standard InChI is InChI=1S/C26H36ClN3O4S/c1-4-6-18-28-26(32)24(5-2)29(20-21-11-8-7-9-12-21)25(31)13-10-19-30(35(3,33)34)23-16-14-22(27)15-17-23/h7-9,11-12,14-17,24H,4-6,10,13,18-20H2,1-3H3,(H,28,32)/t24-/m1/s1. The van der Waals surface area contributed by atoms with E-state index in [4.69, 9.17) is 11.6 Å². The topological polar surface area (TPSA) is 86.8 Å². The van der Waals surface area contributed by atoms with Crippen molar-refractivity contribution in [1.82, 2.24) is 10.2 Å². The van der Waals surface area contributed by atoms with Crippen molar-refractivity contribution in [1.29, 1.82) is 0 Å². The van der Waals surface area contributed by atoms with E-state index in [9.17, 15) is 18.0 Å². The van der Waals surface area contributed by atoms with Gasteiger partial charge in [0.15, 0.2) is 0 Å². The molecule has 7 nitrogen and oxygen atoms in total. The van der Waals surface area contributed by atoms with Gasteiger partial charge in [-0.25, -0.2) is 8.42 Å². The fourth-order valence-corrected chi connectivity index (χ4v) is 4.91. The van der Waals surface area contributed by atoms with Crippen LogP contribution >= 0.6 is 11.6 Å². The van der Waals surface area contributed by atoms with Crippen molar-refractivity contribution >= 4 is 39.1 Å². The first-order chi connectivity index (χ1) is 16.7. The van der Waals surface area contributed by atoms with Crippen molar-refractivity contribution < 1.29 is 18.0 Å². The molecule has 0 bridgehead atoms. The first kappa shape index (κ1) is 28.7. The number of halogens is 1. The number of amides is 2. The Morgan fingerprint density at radius 3 is 2.23 bits per heavy atom. The molecule has 0 aromatic heterocycles. The molecule has 0 heterocycles. The van der Waals surface area contributed by atoms with Gasteiger partial charge in [-0.1, -0.05) is 62.2 Å². The summed E-state index contributed by atoms with van der Waals surface area (Å²) in [6.45, 7) is 4.97. The highest BCUT2D eigenvalue weighted by Crippen LogP contribution is 2.21. The molecule has 1 atom stereocenters. The molecular formula is C26H36ClN3O4S. The predicted molar refractivity (Wildman–Crippen MR) is 142 cm³/mol. The Hall–Kier alpha value is -2.58. The summed E-state index contributed by atoms with van der Waals surface area (Å²) >= 11 is 5.94. The lowest BCUT2D eigenvalue weighted by atomic mass is 10.1. The second-order valence-corrected chi connectivity index (χ2v) is 10.8. The Balaban J connectivity index is 2.15. The molecule has 2 aromatic carbocycles. The van der Waals surface area contributed by atoms with E-state index in [0.29, 0.717) is 36.6 Å². The minimum atomic E-state index is -3.54. The highest BCUT2D eigenvalue weighted by atomic mass is 35.5. The summed E-state index contributed by atoms with van der Waals surface area (Å²) in [5.74, 6) is -0.347. The summed E-state index contributed by atoms with van der Waals surface area (Å²) in [7, 11) is -3.54. The van der Waals surface area contributed by atoms with Crippen LogP contribution in [0.2, 0.25) is 5.02 Å². The van der Waals surface area contributed by atoms with Gasteiger partial charge in [0.25, 0.3) is 0 Å². The largest absolute Gasteiger partial charge is 0.354 e. The molecule has 2 amide bonds. The van der Waals surface area contributed by atoms with Crippen LogP contribution in [-0.2, 0) is 26.2 Å². The fraction of sp³-hybridized carbons (Fsp3) is 0.462. The quantitative estimate of drug-likeness (QED) is 0.368. The predicted octanol–water partition coefficient (Wildman–Crippen LogP) is 4.61. The summed E-state index contributed by atoms with van der Waals surface area (Å²) in [5, 5.41) is 3.46. The van der Waals surface area contributed by atoms with Crippen molar-refractivity contribution in [3.05, 3.63) is 65.2 Å². The zero-order valence-electron chi connectivity index (χ0n) is 20.7. The van der Waals surface area contributed by atoms with E-state index in [1.807, 2.05) is 37.3 Å². The number of benzene rings is 2. The van der Waals surface area contributed by atoms with Crippen molar-refractivity contribution in [3.8, 4) is 0 Å². The van der Waals surface area contributed by atoms with E-state index in [0.717, 1.165) is 24.7 Å². The van der Waals surface area contributed by atoms with Crippen molar-refractivity contribution in [2.45, 2.75) is 58.5 Å². The average molecular weight is 522 g/mol. The number of rotatable bonds is 14. The molecule has 35 heavy (non-hydrogen) atoms. The van der Waals surface area contributed by atoms with Crippen LogP contribution in [0.5, 0.6) is 0 Å². The molecule has 9 heteroatoms. The third-order valence-electron chi connectivity index (χ3n) is 5.68. The number of sulfonamides is 1. The summed E-state index contributed by atoms with van der Waals surface area (Å²) in [6, 6.07) is 15.5. The smallest absolute Gasteiger partial charge is 0.242 e. The molecule has 2 rings (SSSR count). The monoisotopic (exact) mass is 521 g/mol. The molecule has 0 fully saturated rings. The SMILES string of the molecule is CCCCNC(=O)[C@@H](CC)N(Cc1ccccc1)C(=O)CCCN(c1ccc(Cl)cc1)S(C)(=O)=O. The van der Waals surface area contributed by atoms with Gasteiger partial charge in [0.2, 0.25) is 21.8 Å². The molecule has 0 saturated heterocycles. The van der Waals surface area contributed by atoms with E-state index in [1.165, 1.54) is 4.31 Å². The van der Waals surface area contributed by atoms with E-state index < -0.39 is 16.1 Å². The third-order valence-corrected chi connectivity index (χ3v) is 7.12. The molecule has 192 valence electrons. The van der Waals surface area contributed by atoms with Crippen molar-refractivity contribution in [2.24, 2.45) is 0 Å². The first-order valence-electron chi connectivity index (χ1n) is 12.0. The highest BCUT2D eigenvalue weighted by molar-refractivity contribution is 7.92. The molecule has 0 spiro atoms. The van der Waals surface area contributed by atoms with Gasteiger partial charge in [-0.2, -0.15) is 0 Å². The van der Waals surface area contributed by atoms with Gasteiger partial charge in [0.05, 0.1) is 11.9 Å². The van der Waals surface area contributed by atoms with E-state index in [-0.39, 0.29) is 24.8 Å². The number of carbonyl (C=O) groups excluding carboxylic acids is 2. The normalized spacial score (nSPS) is 12.1. The van der Waals surface area contributed by atoms with Gasteiger partial charge >= 0.3 is 0 Å². The molecular weight excluding hydrogens is 486 g/mol. The van der Waals surface area contributed by atoms with Crippen molar-refractivity contribution in [2.75, 3.05) is 23.7 Å². The lowest BCUT2D eigenvalue weighted by Crippen LogP contribution is -2.49. The fourth-order valence-electron chi connectivity index (χ4n) is 3.82. The number of anilines is 1. The number of carbonyl (C=O) groups is 2. The highest BCUT2D eigenvalue weighted by Gasteiger charge is 2.28. The summed E-state index contributed by atoms with van der Waals surface area (Å²) in [5.41, 5.74) is 1.42. The average Bonchev–Trinajstić information content (AvgIpc) is 2.82. The van der Waals surface area contributed by atoms with E-state index in [1.54, 1.807) is 29.2 Å². The molecule has 2 aromatic rings. The molecule has 0 aliphatic rings. The summed E-state index contributed by atoms with van der Waals surface area (Å²) < 4.78 is 26.0. The van der Waals surface area contributed by atoms with Gasteiger partial charge in [-0.3, -0.25) is 13.9 Å². The molecule has 0 aliphatic carbocycles. The van der Waals surface area contributed by atoms with Gasteiger partial charge in [-0.15, -0.1) is 0 Å². The molecule has 0 saturated carbocycles. The third kappa shape index (κ3) is 9.18. The number of nitrogens with one attached hydrogen (secondary N) is 1. The number of nitrogens with zero attached hydrogens (tertiary/aromatic N) is 2. The second-order valence-electron chi connectivity index (χ2n) is 8.49. The minimum absolute atomic E-state index is 0.116. The lowest BCUT2D eigenvalue weighted by Gasteiger charge is -2.31. The van der Waals surface area contributed by atoms with Crippen LogP contribution in [0.25, 0.3) is 0 Å². The Bertz CT molecular complexity index is 1050. The van der Waals surface area contributed by atoms with Gasteiger partial charge in [0.1, 0.15) is 6.04 Å². The van der Waals surface area contributed by atoms with Crippen LogP contribution in [-0.4, -0.2) is 50.5 Å². The first-order valence-corrected chi connectivity index (χ1v) is 14.2. The Morgan fingerprint density at radius 1 is 1.00 bits per heavy atom. The Morgan fingerprint density at radius 2 is 1.66 bits per heavy atom. The molecule has 0 radical (unpaired) electrons. The van der Waals surface area contributed by atoms with Crippen LogP contribution in [0.3, 0.4) is 0 Å². The van der Waals surface area contributed by atoms with Crippen LogP contribution in [0.1, 0.15) is 51.5 Å². The zero-order chi connectivity index (χ0) is 25.8. The number of unbranched alkanes of at least 4 members (excludes halogenated alkanes) is 1. The van der Waals surface area contributed by atoms with Crippen LogP contribution in [0, 0.1) is 0 Å². The maximum Gasteiger partial charge on any atom is 0.242 e. The Kier molecular flexibility index (Phi) is 11.5.